The second kappa shape index (κ2) is 9.83. The summed E-state index contributed by atoms with van der Waals surface area (Å²) in [5.74, 6) is 2.19. The van der Waals surface area contributed by atoms with Gasteiger partial charge in [0.15, 0.2) is 11.5 Å². The quantitative estimate of drug-likeness (QED) is 0.402. The predicted octanol–water partition coefficient (Wildman–Crippen LogP) is 3.79. The Morgan fingerprint density at radius 3 is 2.91 bits per heavy atom. The number of aromatic nitrogens is 2. The van der Waals surface area contributed by atoms with Gasteiger partial charge in [-0.15, -0.1) is 11.3 Å². The van der Waals surface area contributed by atoms with Crippen molar-refractivity contribution in [2.75, 3.05) is 32.2 Å². The molecule has 4 aromatic rings. The summed E-state index contributed by atoms with van der Waals surface area (Å²) in [5.41, 5.74) is 2.17. The Hall–Kier alpha value is -3.79. The Balaban J connectivity index is 1.41. The van der Waals surface area contributed by atoms with Crippen LogP contribution in [-0.4, -0.2) is 43.2 Å². The molecule has 1 aliphatic rings. The summed E-state index contributed by atoms with van der Waals surface area (Å²) in [7, 11) is 3.18. The smallest absolute Gasteiger partial charge is 0.270 e. The number of aromatic amines is 1. The van der Waals surface area contributed by atoms with E-state index in [1.807, 2.05) is 34.5 Å². The fourth-order valence-corrected chi connectivity index (χ4v) is 5.30. The molecule has 35 heavy (non-hydrogen) atoms. The normalized spacial score (nSPS) is 15.8. The lowest BCUT2D eigenvalue weighted by Crippen LogP contribution is -2.43. The number of fused-ring (bicyclic) bond motifs is 1. The van der Waals surface area contributed by atoms with Crippen molar-refractivity contribution in [2.45, 2.75) is 19.4 Å². The summed E-state index contributed by atoms with van der Waals surface area (Å²) in [4.78, 5) is 35.4. The van der Waals surface area contributed by atoms with Crippen molar-refractivity contribution in [2.24, 2.45) is 5.92 Å². The van der Waals surface area contributed by atoms with Crippen LogP contribution in [0.3, 0.4) is 0 Å². The van der Waals surface area contributed by atoms with Crippen LogP contribution in [0.1, 0.15) is 18.6 Å². The van der Waals surface area contributed by atoms with Gasteiger partial charge in [0.1, 0.15) is 10.5 Å². The van der Waals surface area contributed by atoms with Crippen molar-refractivity contribution >= 4 is 33.4 Å². The molecule has 0 aliphatic carbocycles. The minimum atomic E-state index is -0.201. The van der Waals surface area contributed by atoms with E-state index in [2.05, 4.69) is 10.3 Å². The molecule has 0 bridgehead atoms. The molecule has 3 aromatic heterocycles. The second-order valence-electron chi connectivity index (χ2n) is 8.37. The van der Waals surface area contributed by atoms with Gasteiger partial charge in [0, 0.05) is 24.0 Å². The van der Waals surface area contributed by atoms with E-state index < -0.39 is 0 Å². The largest absolute Gasteiger partial charge is 0.493 e. The van der Waals surface area contributed by atoms with Gasteiger partial charge < -0.3 is 24.1 Å². The van der Waals surface area contributed by atoms with E-state index in [1.54, 1.807) is 26.5 Å². The number of benzene rings is 1. The highest BCUT2D eigenvalue weighted by atomic mass is 32.1. The number of methoxy groups -OCH3 is 2. The number of carbonyl (C=O) groups excluding carboxylic acids is 1. The fourth-order valence-electron chi connectivity index (χ4n) is 4.39. The molecule has 5 rings (SSSR count). The van der Waals surface area contributed by atoms with Gasteiger partial charge in [0.25, 0.3) is 5.56 Å². The molecular formula is C25H26N4O5S. The number of furan rings is 1. The van der Waals surface area contributed by atoms with Crippen LogP contribution in [0.2, 0.25) is 0 Å². The molecule has 1 aromatic carbocycles. The molecule has 4 heterocycles. The number of piperidine rings is 1. The van der Waals surface area contributed by atoms with Crippen LogP contribution in [0, 0.1) is 5.92 Å². The highest BCUT2D eigenvalue weighted by Gasteiger charge is 2.28. The van der Waals surface area contributed by atoms with Crippen molar-refractivity contribution in [3.63, 3.8) is 0 Å². The molecule has 10 heteroatoms. The number of nitrogens with zero attached hydrogens (tertiary/aromatic N) is 2. The SMILES string of the molecule is COc1ccc(-c2csc3c(=O)[nH]c(N4CCC[C@@H](C(=O)NCc5ccco5)C4)nc23)cc1OC. The summed E-state index contributed by atoms with van der Waals surface area (Å²) < 4.78 is 16.6. The summed E-state index contributed by atoms with van der Waals surface area (Å²) >= 11 is 1.36. The zero-order valence-corrected chi connectivity index (χ0v) is 20.3. The third-order valence-electron chi connectivity index (χ3n) is 6.22. The predicted molar refractivity (Wildman–Crippen MR) is 134 cm³/mol. The van der Waals surface area contributed by atoms with Crippen molar-refractivity contribution in [3.05, 3.63) is 58.1 Å². The average Bonchev–Trinajstić information content (AvgIpc) is 3.57. The van der Waals surface area contributed by atoms with Gasteiger partial charge in [-0.3, -0.25) is 14.6 Å². The molecule has 0 spiro atoms. The van der Waals surface area contributed by atoms with Crippen LogP contribution in [0.5, 0.6) is 11.5 Å². The molecule has 1 amide bonds. The Kier molecular flexibility index (Phi) is 6.45. The number of H-pyrrole nitrogens is 1. The standard InChI is InChI=1S/C25H26N4O5S/c1-32-19-8-7-15(11-20(19)33-2)18-14-35-22-21(18)27-25(28-24(22)31)29-9-3-5-16(13-29)23(30)26-12-17-6-4-10-34-17/h4,6-8,10-11,14,16H,3,5,9,12-13H2,1-2H3,(H,26,30)(H,27,28,31)/t16-/m1/s1. The van der Waals surface area contributed by atoms with Crippen molar-refractivity contribution in [1.82, 2.24) is 15.3 Å². The number of carbonyl (C=O) groups is 1. The van der Waals surface area contributed by atoms with E-state index in [1.165, 1.54) is 11.3 Å². The third-order valence-corrected chi connectivity index (χ3v) is 7.19. The fraction of sp³-hybridized carbons (Fsp3) is 0.320. The number of anilines is 1. The monoisotopic (exact) mass is 494 g/mol. The average molecular weight is 495 g/mol. The zero-order valence-electron chi connectivity index (χ0n) is 19.5. The number of thiophene rings is 1. The van der Waals surface area contributed by atoms with Crippen LogP contribution in [0.4, 0.5) is 5.95 Å². The van der Waals surface area contributed by atoms with Gasteiger partial charge in [-0.2, -0.15) is 0 Å². The second-order valence-corrected chi connectivity index (χ2v) is 9.25. The Morgan fingerprint density at radius 1 is 1.29 bits per heavy atom. The topological polar surface area (TPSA) is 110 Å². The van der Waals surface area contributed by atoms with Gasteiger partial charge >= 0.3 is 0 Å². The van der Waals surface area contributed by atoms with Crippen LogP contribution in [-0.2, 0) is 11.3 Å². The third kappa shape index (κ3) is 4.61. The molecule has 2 N–H and O–H groups in total. The first-order chi connectivity index (χ1) is 17.1. The van der Waals surface area contributed by atoms with Gasteiger partial charge in [0.2, 0.25) is 11.9 Å². The highest BCUT2D eigenvalue weighted by Crippen LogP contribution is 2.37. The summed E-state index contributed by atoms with van der Waals surface area (Å²) in [5, 5.41) is 4.87. The maximum Gasteiger partial charge on any atom is 0.270 e. The van der Waals surface area contributed by atoms with Crippen LogP contribution >= 0.6 is 11.3 Å². The molecule has 1 atom stereocenters. The van der Waals surface area contributed by atoms with E-state index >= 15 is 0 Å². The number of nitrogens with one attached hydrogen (secondary N) is 2. The van der Waals surface area contributed by atoms with E-state index in [0.29, 0.717) is 53.1 Å². The maximum absolute atomic E-state index is 12.9. The van der Waals surface area contributed by atoms with E-state index in [-0.39, 0.29) is 17.4 Å². The first-order valence-corrected chi connectivity index (χ1v) is 12.2. The molecule has 9 nitrogen and oxygen atoms in total. The lowest BCUT2D eigenvalue weighted by molar-refractivity contribution is -0.125. The Labute approximate surface area is 205 Å². The Bertz CT molecular complexity index is 1390. The molecule has 1 fully saturated rings. The zero-order chi connectivity index (χ0) is 24.4. The molecule has 0 radical (unpaired) electrons. The highest BCUT2D eigenvalue weighted by molar-refractivity contribution is 7.17. The van der Waals surface area contributed by atoms with Gasteiger partial charge in [-0.25, -0.2) is 4.98 Å². The summed E-state index contributed by atoms with van der Waals surface area (Å²) in [6.45, 7) is 1.55. The maximum atomic E-state index is 12.9. The lowest BCUT2D eigenvalue weighted by atomic mass is 9.97. The van der Waals surface area contributed by atoms with E-state index in [4.69, 9.17) is 18.9 Å². The first kappa shape index (κ1) is 23.0. The summed E-state index contributed by atoms with van der Waals surface area (Å²) in [6.07, 6.45) is 3.19. The minimum Gasteiger partial charge on any atom is -0.493 e. The number of amides is 1. The van der Waals surface area contributed by atoms with Gasteiger partial charge in [-0.05, 0) is 42.7 Å². The molecule has 182 valence electrons. The van der Waals surface area contributed by atoms with Crippen molar-refractivity contribution < 1.29 is 18.7 Å². The van der Waals surface area contributed by atoms with Gasteiger partial charge in [0.05, 0.1) is 38.5 Å². The molecular weight excluding hydrogens is 468 g/mol. The van der Waals surface area contributed by atoms with Crippen LogP contribution in [0.15, 0.2) is 51.2 Å². The van der Waals surface area contributed by atoms with E-state index in [9.17, 15) is 9.59 Å². The summed E-state index contributed by atoms with van der Waals surface area (Å²) in [6, 6.07) is 9.26. The minimum absolute atomic E-state index is 0.0314. The van der Waals surface area contributed by atoms with Crippen LogP contribution in [0.25, 0.3) is 21.3 Å². The molecule has 1 saturated heterocycles. The number of hydrogen-bond donors (Lipinski definition) is 2. The van der Waals surface area contributed by atoms with Crippen molar-refractivity contribution in [3.8, 4) is 22.6 Å². The van der Waals surface area contributed by atoms with Crippen LogP contribution < -0.4 is 25.2 Å². The number of ether oxygens (including phenoxy) is 2. The molecule has 1 aliphatic heterocycles. The number of hydrogen-bond acceptors (Lipinski definition) is 8. The van der Waals surface area contributed by atoms with Gasteiger partial charge in [-0.1, -0.05) is 6.07 Å². The molecule has 0 unspecified atom stereocenters. The number of rotatable bonds is 7. The Morgan fingerprint density at radius 2 is 2.14 bits per heavy atom. The van der Waals surface area contributed by atoms with Crippen molar-refractivity contribution in [1.29, 1.82) is 0 Å². The molecule has 0 saturated carbocycles. The first-order valence-electron chi connectivity index (χ1n) is 11.4. The lowest BCUT2D eigenvalue weighted by Gasteiger charge is -2.32. The van der Waals surface area contributed by atoms with E-state index in [0.717, 1.165) is 24.0 Å².